The van der Waals surface area contributed by atoms with Gasteiger partial charge in [0.25, 0.3) is 0 Å². The Morgan fingerprint density at radius 1 is 1.12 bits per heavy atom. The molecular formula is C19H12ClNO2S. The van der Waals surface area contributed by atoms with Crippen molar-refractivity contribution in [3.63, 3.8) is 0 Å². The molecule has 3 aromatic rings. The summed E-state index contributed by atoms with van der Waals surface area (Å²) >= 11 is 7.33. The summed E-state index contributed by atoms with van der Waals surface area (Å²) in [5.41, 5.74) is 1.37. The van der Waals surface area contributed by atoms with Crippen LogP contribution in [0.4, 0.5) is 0 Å². The van der Waals surface area contributed by atoms with E-state index < -0.39 is 5.97 Å². The van der Waals surface area contributed by atoms with Crippen LogP contribution in [0.3, 0.4) is 0 Å². The lowest BCUT2D eigenvalue weighted by molar-refractivity contribution is 0.0556. The number of carbonyl (C=O) groups excluding carboxylic acids is 1. The number of nitrogens with zero attached hydrogens (tertiary/aromatic N) is 1. The van der Waals surface area contributed by atoms with Crippen molar-refractivity contribution >= 4 is 28.9 Å². The second-order valence-electron chi connectivity index (χ2n) is 4.76. The summed E-state index contributed by atoms with van der Waals surface area (Å²) in [5.74, 6) is 5.43. The molecule has 3 rings (SSSR count). The van der Waals surface area contributed by atoms with Crippen molar-refractivity contribution in [2.24, 2.45) is 0 Å². The van der Waals surface area contributed by atoms with Crippen molar-refractivity contribution < 1.29 is 9.53 Å². The fourth-order valence-corrected chi connectivity index (χ4v) is 2.93. The van der Waals surface area contributed by atoms with E-state index in [9.17, 15) is 4.79 Å². The van der Waals surface area contributed by atoms with Gasteiger partial charge in [0.1, 0.15) is 0 Å². The number of rotatable bonds is 3. The Labute approximate surface area is 148 Å². The average molecular weight is 354 g/mol. The Bertz CT molecular complexity index is 892. The van der Waals surface area contributed by atoms with Crippen molar-refractivity contribution in [2.45, 2.75) is 0 Å². The first-order valence-electron chi connectivity index (χ1n) is 7.15. The number of pyridine rings is 1. The average Bonchev–Trinajstić information content (AvgIpc) is 3.09. The summed E-state index contributed by atoms with van der Waals surface area (Å²) in [6.45, 7) is 0.0400. The van der Waals surface area contributed by atoms with Gasteiger partial charge in [-0.05, 0) is 48.5 Å². The minimum absolute atomic E-state index is 0.0400. The van der Waals surface area contributed by atoms with Crippen LogP contribution in [-0.4, -0.2) is 17.6 Å². The first-order valence-corrected chi connectivity index (χ1v) is 8.34. The molecule has 118 valence electrons. The molecule has 0 aliphatic heterocycles. The number of aromatic nitrogens is 1. The molecule has 0 unspecified atom stereocenters. The summed E-state index contributed by atoms with van der Waals surface area (Å²) in [5, 5.41) is 0.577. The first-order chi connectivity index (χ1) is 11.7. The van der Waals surface area contributed by atoms with Gasteiger partial charge in [-0.2, -0.15) is 0 Å². The minimum atomic E-state index is -0.415. The van der Waals surface area contributed by atoms with E-state index in [1.54, 1.807) is 41.8 Å². The van der Waals surface area contributed by atoms with E-state index in [0.29, 0.717) is 10.6 Å². The zero-order valence-electron chi connectivity index (χ0n) is 12.5. The summed E-state index contributed by atoms with van der Waals surface area (Å²) in [4.78, 5) is 18.1. The number of halogens is 1. The maximum absolute atomic E-state index is 11.8. The third kappa shape index (κ3) is 4.23. The van der Waals surface area contributed by atoms with E-state index in [1.165, 1.54) is 0 Å². The van der Waals surface area contributed by atoms with E-state index in [0.717, 1.165) is 15.4 Å². The van der Waals surface area contributed by atoms with Gasteiger partial charge in [-0.1, -0.05) is 29.5 Å². The Hall–Kier alpha value is -2.61. The summed E-state index contributed by atoms with van der Waals surface area (Å²) < 4.78 is 5.12. The van der Waals surface area contributed by atoms with Crippen LogP contribution in [0.25, 0.3) is 10.6 Å². The third-order valence-electron chi connectivity index (χ3n) is 3.09. The summed E-state index contributed by atoms with van der Waals surface area (Å²) in [6.07, 6.45) is 1.76. The highest BCUT2D eigenvalue weighted by atomic mass is 35.5. The molecular weight excluding hydrogens is 342 g/mol. The van der Waals surface area contributed by atoms with E-state index >= 15 is 0 Å². The van der Waals surface area contributed by atoms with Crippen LogP contribution in [0.5, 0.6) is 0 Å². The Balaban J connectivity index is 1.57. The fraction of sp³-hybridized carbons (Fsp3) is 0.0526. The van der Waals surface area contributed by atoms with Gasteiger partial charge >= 0.3 is 5.97 Å². The van der Waals surface area contributed by atoms with Gasteiger partial charge in [0.05, 0.1) is 21.0 Å². The quantitative estimate of drug-likeness (QED) is 0.507. The number of esters is 1. The van der Waals surface area contributed by atoms with Crippen LogP contribution >= 0.6 is 22.9 Å². The first kappa shape index (κ1) is 16.3. The molecule has 0 saturated heterocycles. The molecule has 24 heavy (non-hydrogen) atoms. The molecule has 0 aliphatic carbocycles. The van der Waals surface area contributed by atoms with Crippen LogP contribution in [-0.2, 0) is 4.74 Å². The second kappa shape index (κ2) is 7.78. The van der Waals surface area contributed by atoms with Crippen molar-refractivity contribution in [1.29, 1.82) is 0 Å². The fourth-order valence-electron chi connectivity index (χ4n) is 1.95. The van der Waals surface area contributed by atoms with Gasteiger partial charge in [0.15, 0.2) is 6.61 Å². The highest BCUT2D eigenvalue weighted by Crippen LogP contribution is 2.25. The molecule has 0 amide bonds. The SMILES string of the molecule is O=C(OCC#Cc1ccc(-c2ccccn2)s1)c1ccc(Cl)cc1. The predicted molar refractivity (Wildman–Crippen MR) is 96.2 cm³/mol. The van der Waals surface area contributed by atoms with E-state index in [-0.39, 0.29) is 6.61 Å². The maximum atomic E-state index is 11.8. The molecule has 0 aliphatic rings. The van der Waals surface area contributed by atoms with Gasteiger partial charge in [-0.25, -0.2) is 4.79 Å². The Kier molecular flexibility index (Phi) is 5.27. The van der Waals surface area contributed by atoms with Gasteiger partial charge in [-0.15, -0.1) is 11.3 Å². The van der Waals surface area contributed by atoms with Crippen LogP contribution in [0.15, 0.2) is 60.8 Å². The molecule has 0 fully saturated rings. The molecule has 1 aromatic carbocycles. The highest BCUT2D eigenvalue weighted by molar-refractivity contribution is 7.16. The topological polar surface area (TPSA) is 39.2 Å². The number of benzene rings is 1. The minimum Gasteiger partial charge on any atom is -0.449 e. The van der Waals surface area contributed by atoms with Crippen LogP contribution in [0, 0.1) is 11.8 Å². The summed E-state index contributed by atoms with van der Waals surface area (Å²) in [6, 6.07) is 16.2. The van der Waals surface area contributed by atoms with Crippen molar-refractivity contribution in [2.75, 3.05) is 6.61 Å². The zero-order valence-corrected chi connectivity index (χ0v) is 14.1. The molecule has 0 bridgehead atoms. The lowest BCUT2D eigenvalue weighted by Crippen LogP contribution is -2.04. The molecule has 5 heteroatoms. The van der Waals surface area contributed by atoms with Gasteiger partial charge in [0.2, 0.25) is 0 Å². The molecule has 0 radical (unpaired) electrons. The Morgan fingerprint density at radius 2 is 1.96 bits per heavy atom. The molecule has 2 heterocycles. The zero-order chi connectivity index (χ0) is 16.8. The van der Waals surface area contributed by atoms with E-state index in [1.807, 2.05) is 30.3 Å². The maximum Gasteiger partial charge on any atom is 0.339 e. The number of hydrogen-bond donors (Lipinski definition) is 0. The number of ether oxygens (including phenoxy) is 1. The largest absolute Gasteiger partial charge is 0.449 e. The van der Waals surface area contributed by atoms with Crippen molar-refractivity contribution in [1.82, 2.24) is 4.98 Å². The smallest absolute Gasteiger partial charge is 0.339 e. The van der Waals surface area contributed by atoms with Crippen molar-refractivity contribution in [3.8, 4) is 22.4 Å². The standard InChI is InChI=1S/C19H12ClNO2S/c20-15-8-6-14(7-9-15)19(22)23-13-3-4-16-10-11-18(24-16)17-5-1-2-12-21-17/h1-2,5-12H,13H2. The van der Waals surface area contributed by atoms with Gasteiger partial charge in [0, 0.05) is 11.2 Å². The van der Waals surface area contributed by atoms with Crippen LogP contribution in [0.2, 0.25) is 5.02 Å². The Morgan fingerprint density at radius 3 is 2.71 bits per heavy atom. The highest BCUT2D eigenvalue weighted by Gasteiger charge is 2.05. The predicted octanol–water partition coefficient (Wildman–Crippen LogP) is 4.67. The lowest BCUT2D eigenvalue weighted by Gasteiger charge is -2.00. The van der Waals surface area contributed by atoms with E-state index in [4.69, 9.17) is 16.3 Å². The normalized spacial score (nSPS) is 9.88. The molecule has 0 saturated carbocycles. The number of hydrogen-bond acceptors (Lipinski definition) is 4. The molecule has 3 nitrogen and oxygen atoms in total. The monoisotopic (exact) mass is 353 g/mol. The van der Waals surface area contributed by atoms with Gasteiger partial charge in [-0.3, -0.25) is 4.98 Å². The molecule has 0 spiro atoms. The lowest BCUT2D eigenvalue weighted by atomic mass is 10.2. The van der Waals surface area contributed by atoms with Gasteiger partial charge < -0.3 is 4.74 Å². The third-order valence-corrected chi connectivity index (χ3v) is 4.37. The molecule has 0 N–H and O–H groups in total. The van der Waals surface area contributed by atoms with E-state index in [2.05, 4.69) is 16.8 Å². The van der Waals surface area contributed by atoms with Crippen LogP contribution in [0.1, 0.15) is 15.2 Å². The molecule has 2 aromatic heterocycles. The summed E-state index contributed by atoms with van der Waals surface area (Å²) in [7, 11) is 0. The van der Waals surface area contributed by atoms with Crippen LogP contribution < -0.4 is 0 Å². The molecule has 0 atom stereocenters. The number of thiophene rings is 1. The number of carbonyl (C=O) groups is 1. The van der Waals surface area contributed by atoms with Crippen molar-refractivity contribution in [3.05, 3.63) is 76.3 Å². The second-order valence-corrected chi connectivity index (χ2v) is 6.28.